The number of benzene rings is 1. The predicted octanol–water partition coefficient (Wildman–Crippen LogP) is -0.415. The van der Waals surface area contributed by atoms with E-state index in [1.54, 1.807) is 0 Å². The summed E-state index contributed by atoms with van der Waals surface area (Å²) in [6.07, 6.45) is 0.514. The van der Waals surface area contributed by atoms with Gasteiger partial charge in [0.15, 0.2) is 0 Å². The lowest BCUT2D eigenvalue weighted by molar-refractivity contribution is -0.143. The van der Waals surface area contributed by atoms with E-state index in [0.29, 0.717) is 6.42 Å². The number of carbonyl (C=O) groups excluding carboxylic acids is 1. The lowest BCUT2D eigenvalue weighted by atomic mass is 10.1. The molecule has 1 heterocycles. The largest absolute Gasteiger partial charge is 0.480 e. The minimum absolute atomic E-state index is 0.423. The first-order chi connectivity index (χ1) is 8.61. The van der Waals surface area contributed by atoms with Crippen molar-refractivity contribution in [3.63, 3.8) is 0 Å². The zero-order valence-corrected chi connectivity index (χ0v) is 9.59. The first-order valence-corrected chi connectivity index (χ1v) is 5.60. The minimum Gasteiger partial charge on any atom is -0.480 e. The predicted molar refractivity (Wildman–Crippen MR) is 64.2 cm³/mol. The number of amides is 1. The lowest BCUT2D eigenvalue weighted by Gasteiger charge is -2.15. The fraction of sp³-hybridized carbons (Fsp3) is 0.333. The molecule has 0 aliphatic carbocycles. The van der Waals surface area contributed by atoms with Crippen molar-refractivity contribution < 1.29 is 19.8 Å². The van der Waals surface area contributed by atoms with Crippen molar-refractivity contribution in [3.05, 3.63) is 29.8 Å². The maximum Gasteiger partial charge on any atom is 0.328 e. The molecular weight excluding hydrogens is 236 g/mol. The zero-order chi connectivity index (χ0) is 13.1. The molecule has 0 spiro atoms. The summed E-state index contributed by atoms with van der Waals surface area (Å²) < 4.78 is 0. The second-order valence-corrected chi connectivity index (χ2v) is 4.14. The Morgan fingerprint density at radius 3 is 2.78 bits per heavy atom. The van der Waals surface area contributed by atoms with Crippen LogP contribution < -0.4 is 10.6 Å². The zero-order valence-electron chi connectivity index (χ0n) is 9.59. The first kappa shape index (κ1) is 12.4. The molecule has 2 rings (SSSR count). The van der Waals surface area contributed by atoms with Gasteiger partial charge >= 0.3 is 5.97 Å². The Bertz CT molecular complexity index is 450. The number of hydrogen-bond acceptors (Lipinski definition) is 4. The topological polar surface area (TPSA) is 98.7 Å². The number of rotatable bonds is 4. The number of carboxylic acid groups (broad SMARTS) is 1. The Morgan fingerprint density at radius 1 is 1.44 bits per heavy atom. The number of carbonyl (C=O) groups is 2. The SMILES string of the molecule is O=C(N[C@H](CO)C(=O)O)[C@@H]1Cc2ccccc2N1. The molecule has 0 aromatic heterocycles. The molecule has 1 aromatic rings. The van der Waals surface area contributed by atoms with Gasteiger partial charge in [-0.2, -0.15) is 0 Å². The molecule has 1 amide bonds. The van der Waals surface area contributed by atoms with Gasteiger partial charge in [-0.05, 0) is 11.6 Å². The maximum atomic E-state index is 11.8. The van der Waals surface area contributed by atoms with E-state index in [1.165, 1.54) is 0 Å². The molecule has 18 heavy (non-hydrogen) atoms. The smallest absolute Gasteiger partial charge is 0.328 e. The van der Waals surface area contributed by atoms with Crippen LogP contribution in [-0.4, -0.2) is 40.8 Å². The Balaban J connectivity index is 1.99. The molecule has 0 unspecified atom stereocenters. The van der Waals surface area contributed by atoms with Crippen molar-refractivity contribution in [2.75, 3.05) is 11.9 Å². The number of anilines is 1. The van der Waals surface area contributed by atoms with Crippen LogP contribution in [0, 0.1) is 0 Å². The van der Waals surface area contributed by atoms with Crippen molar-refractivity contribution in [2.45, 2.75) is 18.5 Å². The molecule has 6 nitrogen and oxygen atoms in total. The van der Waals surface area contributed by atoms with Crippen molar-refractivity contribution in [2.24, 2.45) is 0 Å². The van der Waals surface area contributed by atoms with E-state index in [2.05, 4.69) is 10.6 Å². The molecular formula is C12H14N2O4. The second-order valence-electron chi connectivity index (χ2n) is 4.14. The Kier molecular flexibility index (Phi) is 3.47. The highest BCUT2D eigenvalue weighted by Crippen LogP contribution is 2.25. The standard InChI is InChI=1S/C12H14N2O4/c15-6-10(12(17)18)14-11(16)9-5-7-3-1-2-4-8(7)13-9/h1-4,9-10,13,15H,5-6H2,(H,14,16)(H,17,18)/t9-,10+/m0/s1. The summed E-state index contributed by atoms with van der Waals surface area (Å²) in [7, 11) is 0. The molecule has 96 valence electrons. The number of nitrogens with one attached hydrogen (secondary N) is 2. The fourth-order valence-corrected chi connectivity index (χ4v) is 1.91. The van der Waals surface area contributed by atoms with Gasteiger partial charge in [-0.1, -0.05) is 18.2 Å². The van der Waals surface area contributed by atoms with Crippen LogP contribution in [0.5, 0.6) is 0 Å². The van der Waals surface area contributed by atoms with E-state index < -0.39 is 30.6 Å². The van der Waals surface area contributed by atoms with Gasteiger partial charge in [0.05, 0.1) is 6.61 Å². The van der Waals surface area contributed by atoms with E-state index in [4.69, 9.17) is 10.2 Å². The number of carboxylic acids is 1. The van der Waals surface area contributed by atoms with Crippen LogP contribution in [0.4, 0.5) is 5.69 Å². The maximum absolute atomic E-state index is 11.8. The van der Waals surface area contributed by atoms with Crippen LogP contribution in [0.2, 0.25) is 0 Å². The van der Waals surface area contributed by atoms with Gasteiger partial charge in [-0.3, -0.25) is 4.79 Å². The van der Waals surface area contributed by atoms with Crippen molar-refractivity contribution in [1.29, 1.82) is 0 Å². The normalized spacial score (nSPS) is 18.6. The molecule has 6 heteroatoms. The monoisotopic (exact) mass is 250 g/mol. The van der Waals surface area contributed by atoms with Gasteiger partial charge in [0.25, 0.3) is 0 Å². The molecule has 1 aliphatic rings. The summed E-state index contributed by atoms with van der Waals surface area (Å²) in [5.41, 5.74) is 1.90. The Labute approximate surface area is 104 Å². The van der Waals surface area contributed by atoms with E-state index >= 15 is 0 Å². The van der Waals surface area contributed by atoms with Gasteiger partial charge < -0.3 is 20.8 Å². The van der Waals surface area contributed by atoms with Gasteiger partial charge in [0.2, 0.25) is 5.91 Å². The summed E-state index contributed by atoms with van der Waals surface area (Å²) in [6.45, 7) is -0.624. The van der Waals surface area contributed by atoms with E-state index in [9.17, 15) is 9.59 Å². The number of aliphatic hydroxyl groups is 1. The van der Waals surface area contributed by atoms with Crippen molar-refractivity contribution in [3.8, 4) is 0 Å². The highest BCUT2D eigenvalue weighted by Gasteiger charge is 2.29. The average molecular weight is 250 g/mol. The third-order valence-electron chi connectivity index (χ3n) is 2.88. The number of hydrogen-bond donors (Lipinski definition) is 4. The molecule has 2 atom stereocenters. The Morgan fingerprint density at radius 2 is 2.17 bits per heavy atom. The van der Waals surface area contributed by atoms with Gasteiger partial charge in [0, 0.05) is 12.1 Å². The van der Waals surface area contributed by atoms with Crippen molar-refractivity contribution >= 4 is 17.6 Å². The summed E-state index contributed by atoms with van der Waals surface area (Å²) >= 11 is 0. The second kappa shape index (κ2) is 5.05. The van der Waals surface area contributed by atoms with Gasteiger partial charge in [-0.25, -0.2) is 4.79 Å². The Hall–Kier alpha value is -2.08. The molecule has 0 bridgehead atoms. The third-order valence-corrected chi connectivity index (χ3v) is 2.88. The summed E-state index contributed by atoms with van der Waals surface area (Å²) in [4.78, 5) is 22.5. The third kappa shape index (κ3) is 2.43. The average Bonchev–Trinajstić information content (AvgIpc) is 2.79. The molecule has 1 aromatic carbocycles. The van der Waals surface area contributed by atoms with E-state index in [1.807, 2.05) is 24.3 Å². The number of aliphatic carboxylic acids is 1. The van der Waals surface area contributed by atoms with E-state index in [0.717, 1.165) is 11.3 Å². The van der Waals surface area contributed by atoms with Crippen LogP contribution in [0.1, 0.15) is 5.56 Å². The van der Waals surface area contributed by atoms with Crippen molar-refractivity contribution in [1.82, 2.24) is 5.32 Å². The summed E-state index contributed by atoms with van der Waals surface area (Å²) in [5.74, 6) is -1.67. The summed E-state index contributed by atoms with van der Waals surface area (Å²) in [6, 6.07) is 5.77. The summed E-state index contributed by atoms with van der Waals surface area (Å²) in [5, 5.41) is 22.9. The number of fused-ring (bicyclic) bond motifs is 1. The molecule has 0 fully saturated rings. The molecule has 0 saturated heterocycles. The molecule has 0 saturated carbocycles. The van der Waals surface area contributed by atoms with E-state index in [-0.39, 0.29) is 0 Å². The molecule has 4 N–H and O–H groups in total. The van der Waals surface area contributed by atoms with Crippen LogP contribution in [0.15, 0.2) is 24.3 Å². The van der Waals surface area contributed by atoms with Gasteiger partial charge in [0.1, 0.15) is 12.1 Å². The first-order valence-electron chi connectivity index (χ1n) is 5.60. The number of para-hydroxylation sites is 1. The molecule has 0 radical (unpaired) electrons. The van der Waals surface area contributed by atoms with Gasteiger partial charge in [-0.15, -0.1) is 0 Å². The highest BCUT2D eigenvalue weighted by atomic mass is 16.4. The van der Waals surface area contributed by atoms with Crippen LogP contribution in [-0.2, 0) is 16.0 Å². The highest BCUT2D eigenvalue weighted by molar-refractivity contribution is 5.90. The lowest BCUT2D eigenvalue weighted by Crippen LogP contribution is -2.49. The van der Waals surface area contributed by atoms with Crippen LogP contribution in [0.3, 0.4) is 0 Å². The number of aliphatic hydroxyl groups excluding tert-OH is 1. The van der Waals surface area contributed by atoms with Crippen LogP contribution in [0.25, 0.3) is 0 Å². The molecule has 1 aliphatic heterocycles. The fourth-order valence-electron chi connectivity index (χ4n) is 1.91. The van der Waals surface area contributed by atoms with Crippen LogP contribution >= 0.6 is 0 Å². The minimum atomic E-state index is -1.26. The quantitative estimate of drug-likeness (QED) is 0.582.